The van der Waals surface area contributed by atoms with Gasteiger partial charge in [-0.15, -0.1) is 0 Å². The van der Waals surface area contributed by atoms with Crippen LogP contribution in [0.3, 0.4) is 0 Å². The Morgan fingerprint density at radius 2 is 1.96 bits per heavy atom. The summed E-state index contributed by atoms with van der Waals surface area (Å²) < 4.78 is 0. The number of carbonyl (C=O) groups excluding carboxylic acids is 1. The van der Waals surface area contributed by atoms with Gasteiger partial charge >= 0.3 is 0 Å². The molecular formula is C20H34N4O. The van der Waals surface area contributed by atoms with E-state index >= 15 is 0 Å². The fourth-order valence-electron chi connectivity index (χ4n) is 2.58. The number of amides is 1. The maximum absolute atomic E-state index is 11.7. The van der Waals surface area contributed by atoms with Crippen molar-refractivity contribution in [3.05, 3.63) is 35.4 Å². The summed E-state index contributed by atoms with van der Waals surface area (Å²) in [6, 6.07) is 7.97. The predicted octanol–water partition coefficient (Wildman–Crippen LogP) is 3.32. The zero-order chi connectivity index (χ0) is 18.7. The summed E-state index contributed by atoms with van der Waals surface area (Å²) >= 11 is 0. The molecule has 0 aliphatic carbocycles. The smallest absolute Gasteiger partial charge is 0.251 e. The highest BCUT2D eigenvalue weighted by molar-refractivity contribution is 5.94. The van der Waals surface area contributed by atoms with Gasteiger partial charge < -0.3 is 16.0 Å². The van der Waals surface area contributed by atoms with Crippen molar-refractivity contribution in [2.75, 3.05) is 13.6 Å². The first-order valence-corrected chi connectivity index (χ1v) is 9.32. The van der Waals surface area contributed by atoms with E-state index in [-0.39, 0.29) is 5.91 Å². The van der Waals surface area contributed by atoms with Crippen LogP contribution in [0.25, 0.3) is 0 Å². The second kappa shape index (κ2) is 11.5. The third kappa shape index (κ3) is 8.57. The molecule has 1 aromatic carbocycles. The molecule has 0 aliphatic heterocycles. The third-order valence-corrected chi connectivity index (χ3v) is 3.98. The Morgan fingerprint density at radius 3 is 2.60 bits per heavy atom. The van der Waals surface area contributed by atoms with Crippen LogP contribution < -0.4 is 16.0 Å². The lowest BCUT2D eigenvalue weighted by Gasteiger charge is -2.18. The van der Waals surface area contributed by atoms with E-state index in [1.807, 2.05) is 24.3 Å². The molecule has 0 spiro atoms. The van der Waals surface area contributed by atoms with Gasteiger partial charge in [0.1, 0.15) is 0 Å². The van der Waals surface area contributed by atoms with Crippen LogP contribution in [-0.4, -0.2) is 31.5 Å². The van der Waals surface area contributed by atoms with Crippen molar-refractivity contribution >= 4 is 11.9 Å². The summed E-state index contributed by atoms with van der Waals surface area (Å²) in [6.07, 6.45) is 3.61. The Kier molecular flexibility index (Phi) is 9.66. The second-order valence-corrected chi connectivity index (χ2v) is 6.84. The minimum atomic E-state index is -0.0744. The molecule has 0 saturated heterocycles. The number of guanidine groups is 1. The Morgan fingerprint density at radius 1 is 1.20 bits per heavy atom. The van der Waals surface area contributed by atoms with Gasteiger partial charge in [0, 0.05) is 25.2 Å². The van der Waals surface area contributed by atoms with E-state index in [0.717, 1.165) is 30.4 Å². The first-order chi connectivity index (χ1) is 12.0. The van der Waals surface area contributed by atoms with Gasteiger partial charge in [0.15, 0.2) is 5.96 Å². The van der Waals surface area contributed by atoms with Gasteiger partial charge in [0.05, 0.1) is 6.54 Å². The molecule has 0 aromatic heterocycles. The van der Waals surface area contributed by atoms with E-state index in [1.165, 1.54) is 12.8 Å². The normalized spacial score (nSPS) is 12.8. The molecule has 3 N–H and O–H groups in total. The summed E-state index contributed by atoms with van der Waals surface area (Å²) in [6.45, 7) is 10.1. The first kappa shape index (κ1) is 21.0. The zero-order valence-electron chi connectivity index (χ0n) is 16.4. The molecular weight excluding hydrogens is 312 g/mol. The van der Waals surface area contributed by atoms with Crippen LogP contribution in [-0.2, 0) is 6.54 Å². The number of nitrogens with one attached hydrogen (secondary N) is 3. The standard InChI is InChI=1S/C20H34N4O/c1-6-22-20(24-16(4)10-7-9-15(2)3)23-14-17-11-8-12-18(13-17)19(25)21-5/h8,11-13,15-16H,6-7,9-10,14H2,1-5H3,(H,21,25)(H2,22,23,24). The molecule has 0 aliphatic rings. The van der Waals surface area contributed by atoms with E-state index in [2.05, 4.69) is 48.6 Å². The molecule has 140 valence electrons. The molecule has 0 radical (unpaired) electrons. The minimum Gasteiger partial charge on any atom is -0.357 e. The van der Waals surface area contributed by atoms with Crippen molar-refractivity contribution in [2.24, 2.45) is 10.9 Å². The third-order valence-electron chi connectivity index (χ3n) is 3.98. The van der Waals surface area contributed by atoms with Crippen LogP contribution in [0.1, 0.15) is 62.9 Å². The lowest BCUT2D eigenvalue weighted by molar-refractivity contribution is 0.0963. The van der Waals surface area contributed by atoms with Crippen molar-refractivity contribution in [1.29, 1.82) is 0 Å². The highest BCUT2D eigenvalue weighted by Gasteiger charge is 2.07. The lowest BCUT2D eigenvalue weighted by Crippen LogP contribution is -2.42. The van der Waals surface area contributed by atoms with E-state index in [1.54, 1.807) is 7.05 Å². The van der Waals surface area contributed by atoms with Crippen molar-refractivity contribution in [2.45, 2.75) is 59.5 Å². The molecule has 1 aromatic rings. The summed E-state index contributed by atoms with van der Waals surface area (Å²) in [5.74, 6) is 1.50. The maximum atomic E-state index is 11.7. The minimum absolute atomic E-state index is 0.0744. The fraction of sp³-hybridized carbons (Fsp3) is 0.600. The van der Waals surface area contributed by atoms with Crippen LogP contribution in [0.15, 0.2) is 29.3 Å². The van der Waals surface area contributed by atoms with Gasteiger partial charge in [-0.1, -0.05) is 38.8 Å². The molecule has 5 nitrogen and oxygen atoms in total. The number of rotatable bonds is 9. The van der Waals surface area contributed by atoms with Crippen LogP contribution in [0.4, 0.5) is 0 Å². The zero-order valence-corrected chi connectivity index (χ0v) is 16.4. The van der Waals surface area contributed by atoms with E-state index in [4.69, 9.17) is 0 Å². The Hall–Kier alpha value is -2.04. The van der Waals surface area contributed by atoms with Gasteiger partial charge in [0.2, 0.25) is 0 Å². The number of nitrogens with zero attached hydrogens (tertiary/aromatic N) is 1. The average Bonchev–Trinajstić information content (AvgIpc) is 2.59. The molecule has 0 fully saturated rings. The average molecular weight is 347 g/mol. The van der Waals surface area contributed by atoms with Crippen LogP contribution >= 0.6 is 0 Å². The first-order valence-electron chi connectivity index (χ1n) is 9.32. The van der Waals surface area contributed by atoms with Crippen molar-refractivity contribution < 1.29 is 4.79 Å². The summed E-state index contributed by atoms with van der Waals surface area (Å²) in [5.41, 5.74) is 1.68. The van der Waals surface area contributed by atoms with Crippen molar-refractivity contribution in [3.63, 3.8) is 0 Å². The number of carbonyl (C=O) groups is 1. The Balaban J connectivity index is 2.64. The summed E-state index contributed by atoms with van der Waals surface area (Å²) in [5, 5.41) is 9.41. The molecule has 1 amide bonds. The van der Waals surface area contributed by atoms with E-state index in [9.17, 15) is 4.79 Å². The van der Waals surface area contributed by atoms with Crippen molar-refractivity contribution in [3.8, 4) is 0 Å². The fourth-order valence-corrected chi connectivity index (χ4v) is 2.58. The Bertz CT molecular complexity index is 554. The molecule has 0 heterocycles. The van der Waals surface area contributed by atoms with Gasteiger partial charge in [-0.25, -0.2) is 4.99 Å². The van der Waals surface area contributed by atoms with Gasteiger partial charge in [-0.05, 0) is 43.9 Å². The van der Waals surface area contributed by atoms with Crippen LogP contribution in [0, 0.1) is 5.92 Å². The molecule has 1 unspecified atom stereocenters. The van der Waals surface area contributed by atoms with E-state index < -0.39 is 0 Å². The predicted molar refractivity (Wildman–Crippen MR) is 106 cm³/mol. The highest BCUT2D eigenvalue weighted by Crippen LogP contribution is 2.09. The molecule has 25 heavy (non-hydrogen) atoms. The van der Waals surface area contributed by atoms with Crippen LogP contribution in [0.5, 0.6) is 0 Å². The van der Waals surface area contributed by atoms with Crippen molar-refractivity contribution in [1.82, 2.24) is 16.0 Å². The SMILES string of the molecule is CCNC(=NCc1cccc(C(=O)NC)c1)NC(C)CCCC(C)C. The van der Waals surface area contributed by atoms with Crippen LogP contribution in [0.2, 0.25) is 0 Å². The molecule has 0 bridgehead atoms. The monoisotopic (exact) mass is 346 g/mol. The number of hydrogen-bond donors (Lipinski definition) is 3. The quantitative estimate of drug-likeness (QED) is 0.475. The number of hydrogen-bond acceptors (Lipinski definition) is 2. The molecule has 5 heteroatoms. The van der Waals surface area contributed by atoms with Gasteiger partial charge in [-0.2, -0.15) is 0 Å². The summed E-state index contributed by atoms with van der Waals surface area (Å²) in [4.78, 5) is 16.4. The lowest BCUT2D eigenvalue weighted by atomic mass is 10.0. The Labute approximate surface area is 152 Å². The molecule has 0 saturated carbocycles. The second-order valence-electron chi connectivity index (χ2n) is 6.84. The highest BCUT2D eigenvalue weighted by atomic mass is 16.1. The number of benzene rings is 1. The largest absolute Gasteiger partial charge is 0.357 e. The maximum Gasteiger partial charge on any atom is 0.251 e. The van der Waals surface area contributed by atoms with Gasteiger partial charge in [0.25, 0.3) is 5.91 Å². The van der Waals surface area contributed by atoms with E-state index in [0.29, 0.717) is 18.2 Å². The van der Waals surface area contributed by atoms with Gasteiger partial charge in [-0.3, -0.25) is 4.79 Å². The molecule has 1 rings (SSSR count). The topological polar surface area (TPSA) is 65.5 Å². The molecule has 1 atom stereocenters. The number of aliphatic imine (C=N–C) groups is 1. The summed E-state index contributed by atoms with van der Waals surface area (Å²) in [7, 11) is 1.64.